The highest BCUT2D eigenvalue weighted by Crippen LogP contribution is 2.37. The Labute approximate surface area is 220 Å². The second-order valence-electron chi connectivity index (χ2n) is 8.89. The number of hydrogen-bond acceptors (Lipinski definition) is 8. The van der Waals surface area contributed by atoms with Gasteiger partial charge in [0, 0.05) is 26.2 Å². The van der Waals surface area contributed by atoms with Crippen molar-refractivity contribution < 1.29 is 42.9 Å². The number of carboxylic acids is 1. The number of unbranched alkanes of at least 4 members (excludes halogenated alkanes) is 4. The molecule has 1 heterocycles. The summed E-state index contributed by atoms with van der Waals surface area (Å²) in [7, 11) is -4.72. The summed E-state index contributed by atoms with van der Waals surface area (Å²) in [4.78, 5) is 58.3. The van der Waals surface area contributed by atoms with Crippen molar-refractivity contribution in [1.29, 1.82) is 0 Å². The van der Waals surface area contributed by atoms with Gasteiger partial charge in [0.2, 0.25) is 17.7 Å². The van der Waals surface area contributed by atoms with Crippen molar-refractivity contribution >= 4 is 25.6 Å². The smallest absolute Gasteiger partial charge is 0.481 e. The van der Waals surface area contributed by atoms with Crippen LogP contribution in [0, 0.1) is 0 Å². The van der Waals surface area contributed by atoms with Gasteiger partial charge in [0.15, 0.2) is 5.82 Å². The normalized spacial score (nSPS) is 12.9. The molecular formula is C24H35N4O9P. The molecule has 14 heteroatoms. The van der Waals surface area contributed by atoms with Gasteiger partial charge in [-0.1, -0.05) is 49.9 Å². The molecule has 38 heavy (non-hydrogen) atoms. The third-order valence-corrected chi connectivity index (χ3v) is 5.98. The van der Waals surface area contributed by atoms with Crippen molar-refractivity contribution in [3.8, 4) is 5.75 Å². The summed E-state index contributed by atoms with van der Waals surface area (Å²) in [6.45, 7) is 3.39. The van der Waals surface area contributed by atoms with Crippen LogP contribution in [0.3, 0.4) is 0 Å². The van der Waals surface area contributed by atoms with Gasteiger partial charge < -0.3 is 24.8 Å². The molecule has 0 bridgehead atoms. The van der Waals surface area contributed by atoms with E-state index in [1.54, 1.807) is 0 Å². The van der Waals surface area contributed by atoms with Crippen LogP contribution in [0.1, 0.15) is 82.1 Å². The monoisotopic (exact) mass is 554 g/mol. The molecule has 2 atom stereocenters. The zero-order chi connectivity index (χ0) is 28.1. The average Bonchev–Trinajstić information content (AvgIpc) is 3.29. The maximum absolute atomic E-state index is 13.2. The van der Waals surface area contributed by atoms with Crippen LogP contribution >= 0.6 is 7.82 Å². The number of nitrogens with zero attached hydrogens (tertiary/aromatic N) is 2. The van der Waals surface area contributed by atoms with Crippen LogP contribution in [-0.4, -0.2) is 48.9 Å². The predicted molar refractivity (Wildman–Crippen MR) is 135 cm³/mol. The van der Waals surface area contributed by atoms with Gasteiger partial charge in [-0.15, -0.1) is 0 Å². The summed E-state index contributed by atoms with van der Waals surface area (Å²) >= 11 is 0. The first-order valence-corrected chi connectivity index (χ1v) is 14.0. The molecule has 2 rings (SSSR count). The van der Waals surface area contributed by atoms with Gasteiger partial charge in [-0.3, -0.25) is 24.2 Å². The fourth-order valence-corrected chi connectivity index (χ4v) is 4.11. The minimum atomic E-state index is -4.72. The Balaban J connectivity index is 2.11. The summed E-state index contributed by atoms with van der Waals surface area (Å²) in [5.74, 6) is -1.61. The lowest BCUT2D eigenvalue weighted by atomic mass is 10.0. The lowest BCUT2D eigenvalue weighted by molar-refractivity contribution is -0.137. The molecular weight excluding hydrogens is 519 g/mol. The van der Waals surface area contributed by atoms with Gasteiger partial charge in [0.05, 0.1) is 0 Å². The number of phosphoric ester groups is 1. The molecule has 0 aliphatic rings. The van der Waals surface area contributed by atoms with Crippen LogP contribution in [0.2, 0.25) is 0 Å². The molecule has 0 aliphatic heterocycles. The zero-order valence-electron chi connectivity index (χ0n) is 21.5. The van der Waals surface area contributed by atoms with Gasteiger partial charge in [0.1, 0.15) is 17.8 Å². The highest BCUT2D eigenvalue weighted by molar-refractivity contribution is 7.46. The summed E-state index contributed by atoms with van der Waals surface area (Å²) in [5.41, 5.74) is 0.571. The first-order chi connectivity index (χ1) is 18.0. The molecule has 210 valence electrons. The molecule has 5 N–H and O–H groups in total. The number of carbonyl (C=O) groups excluding carboxylic acids is 2. The Morgan fingerprint density at radius 3 is 2.37 bits per heavy atom. The van der Waals surface area contributed by atoms with Crippen LogP contribution in [0.5, 0.6) is 5.75 Å². The number of rotatable bonds is 17. The van der Waals surface area contributed by atoms with E-state index in [1.807, 2.05) is 0 Å². The largest absolute Gasteiger partial charge is 0.524 e. The van der Waals surface area contributed by atoms with Crippen molar-refractivity contribution in [2.24, 2.45) is 0 Å². The molecule has 0 fully saturated rings. The van der Waals surface area contributed by atoms with E-state index in [1.165, 1.54) is 31.2 Å². The molecule has 0 saturated heterocycles. The van der Waals surface area contributed by atoms with Crippen molar-refractivity contribution in [2.45, 2.75) is 83.7 Å². The zero-order valence-corrected chi connectivity index (χ0v) is 22.4. The number of amides is 2. The van der Waals surface area contributed by atoms with Crippen LogP contribution in [0.4, 0.5) is 0 Å². The van der Waals surface area contributed by atoms with Crippen LogP contribution in [0.15, 0.2) is 28.8 Å². The van der Waals surface area contributed by atoms with Crippen molar-refractivity contribution in [1.82, 2.24) is 20.8 Å². The van der Waals surface area contributed by atoms with E-state index in [2.05, 4.69) is 32.2 Å². The number of aliphatic carboxylic acids is 1. The molecule has 0 unspecified atom stereocenters. The molecule has 1 aromatic heterocycles. The second-order valence-corrected chi connectivity index (χ2v) is 10.1. The number of nitrogens with one attached hydrogen (secondary N) is 2. The first kappa shape index (κ1) is 30.9. The molecule has 0 aliphatic carbocycles. The van der Waals surface area contributed by atoms with E-state index in [0.717, 1.165) is 32.1 Å². The van der Waals surface area contributed by atoms with E-state index >= 15 is 0 Å². The Kier molecular flexibility index (Phi) is 12.4. The summed E-state index contributed by atoms with van der Waals surface area (Å²) in [6, 6.07) is 3.74. The number of phosphoric acid groups is 1. The average molecular weight is 555 g/mol. The number of benzene rings is 1. The van der Waals surface area contributed by atoms with E-state index in [0.29, 0.717) is 17.8 Å². The number of carboxylic acid groups (broad SMARTS) is 1. The highest BCUT2D eigenvalue weighted by Gasteiger charge is 2.27. The summed E-state index contributed by atoms with van der Waals surface area (Å²) < 4.78 is 20.8. The Morgan fingerprint density at radius 1 is 1.08 bits per heavy atom. The Morgan fingerprint density at radius 2 is 1.76 bits per heavy atom. The molecule has 0 radical (unpaired) electrons. The fraction of sp³-hybridized carbons (Fsp3) is 0.542. The number of carbonyl (C=O) groups is 3. The van der Waals surface area contributed by atoms with Crippen molar-refractivity contribution in [3.05, 3.63) is 41.5 Å². The van der Waals surface area contributed by atoms with Crippen LogP contribution in [-0.2, 0) is 31.8 Å². The molecule has 13 nitrogen and oxygen atoms in total. The minimum absolute atomic E-state index is 0.000407. The van der Waals surface area contributed by atoms with Gasteiger partial charge in [-0.05, 0) is 30.5 Å². The summed E-state index contributed by atoms with van der Waals surface area (Å²) in [6.07, 6.45) is 5.70. The third kappa shape index (κ3) is 11.8. The maximum atomic E-state index is 13.2. The third-order valence-electron chi connectivity index (χ3n) is 5.53. The van der Waals surface area contributed by atoms with Gasteiger partial charge in [-0.2, -0.15) is 4.98 Å². The maximum Gasteiger partial charge on any atom is 0.524 e. The highest BCUT2D eigenvalue weighted by atomic mass is 31.2. The topological polar surface area (TPSA) is 201 Å². The van der Waals surface area contributed by atoms with Gasteiger partial charge in [-0.25, -0.2) is 4.57 Å². The predicted octanol–water partition coefficient (Wildman–Crippen LogP) is 2.82. The second kappa shape index (κ2) is 15.2. The van der Waals surface area contributed by atoms with Gasteiger partial charge in [0.25, 0.3) is 0 Å². The quantitative estimate of drug-likeness (QED) is 0.142. The standard InChI is InChI=1S/C24H35N4O9P/c1-3-4-5-6-7-8-21-27-24(36-28-21)19(13-14-22(30)31)26-23(32)20(25-16(2)29)15-17-9-11-18(12-10-17)37-38(33,34)35/h9-12,19-20H,3-8,13-15H2,1-2H3,(H,25,29)(H,26,32)(H,30,31)(H2,33,34,35)/t19-,20-/m0/s1. The van der Waals surface area contributed by atoms with Crippen molar-refractivity contribution in [2.75, 3.05) is 0 Å². The lowest BCUT2D eigenvalue weighted by Crippen LogP contribution is -2.48. The first-order valence-electron chi connectivity index (χ1n) is 12.4. The molecule has 0 spiro atoms. The Bertz CT molecular complexity index is 1100. The number of aryl methyl sites for hydroxylation is 1. The van der Waals surface area contributed by atoms with E-state index in [4.69, 9.17) is 19.4 Å². The fourth-order valence-electron chi connectivity index (χ4n) is 3.71. The lowest BCUT2D eigenvalue weighted by Gasteiger charge is -2.21. The number of aromatic nitrogens is 2. The van der Waals surface area contributed by atoms with E-state index in [9.17, 15) is 18.9 Å². The molecule has 1 aromatic carbocycles. The van der Waals surface area contributed by atoms with Gasteiger partial charge >= 0.3 is 13.8 Å². The Hall–Kier alpha value is -3.28. The molecule has 2 amide bonds. The molecule has 0 saturated carbocycles. The van der Waals surface area contributed by atoms with E-state index in [-0.39, 0.29) is 30.9 Å². The van der Waals surface area contributed by atoms with Crippen molar-refractivity contribution in [3.63, 3.8) is 0 Å². The minimum Gasteiger partial charge on any atom is -0.481 e. The molecule has 2 aromatic rings. The van der Waals surface area contributed by atoms with E-state index < -0.39 is 37.7 Å². The van der Waals surface area contributed by atoms with Crippen LogP contribution < -0.4 is 15.2 Å². The van der Waals surface area contributed by atoms with Crippen LogP contribution in [0.25, 0.3) is 0 Å². The summed E-state index contributed by atoms with van der Waals surface area (Å²) in [5, 5.41) is 18.4. The SMILES string of the molecule is CCCCCCCc1noc([C@H](CCC(=O)O)NC(=O)[C@H](Cc2ccc(OP(=O)(O)O)cc2)NC(C)=O)n1. The number of hydrogen-bond donors (Lipinski definition) is 5.